The number of likely N-dealkylation sites (tertiary alicyclic amines) is 1. The molecule has 0 bridgehead atoms. The fraction of sp³-hybridized carbons (Fsp3) is 0.400. The van der Waals surface area contributed by atoms with Crippen LogP contribution in [0.15, 0.2) is 34.7 Å². The summed E-state index contributed by atoms with van der Waals surface area (Å²) in [5.74, 6) is 0.0456. The molecule has 1 aliphatic heterocycles. The van der Waals surface area contributed by atoms with Gasteiger partial charge in [0, 0.05) is 25.5 Å². The third-order valence-corrected chi connectivity index (χ3v) is 5.21. The summed E-state index contributed by atoms with van der Waals surface area (Å²) in [6.07, 6.45) is 4.84. The minimum Gasteiger partial charge on any atom is -0.341 e. The first-order valence-corrected chi connectivity index (χ1v) is 8.68. The van der Waals surface area contributed by atoms with Crippen LogP contribution in [0.5, 0.6) is 0 Å². The quantitative estimate of drug-likeness (QED) is 0.705. The van der Waals surface area contributed by atoms with Crippen LogP contribution in [-0.4, -0.2) is 48.7 Å². The van der Waals surface area contributed by atoms with Gasteiger partial charge in [0.2, 0.25) is 5.91 Å². The van der Waals surface area contributed by atoms with Crippen LogP contribution in [0.3, 0.4) is 0 Å². The van der Waals surface area contributed by atoms with E-state index in [1.165, 1.54) is 16.0 Å². The van der Waals surface area contributed by atoms with Crippen molar-refractivity contribution in [2.45, 2.75) is 25.4 Å². The van der Waals surface area contributed by atoms with Crippen LogP contribution in [0.4, 0.5) is 0 Å². The number of rotatable bonds is 3. The summed E-state index contributed by atoms with van der Waals surface area (Å²) in [6, 6.07) is 3.59. The SMILES string of the molecule is O=C(Cn1cccn1)N1CCC(n2nnc3ccsc3c2=O)CC1. The zero-order valence-corrected chi connectivity index (χ0v) is 13.7. The summed E-state index contributed by atoms with van der Waals surface area (Å²) in [7, 11) is 0. The average molecular weight is 344 g/mol. The molecule has 0 aromatic carbocycles. The molecule has 1 aliphatic rings. The van der Waals surface area contributed by atoms with Gasteiger partial charge in [0.15, 0.2) is 0 Å². The molecule has 124 valence electrons. The number of carbonyl (C=O) groups excluding carboxylic acids is 1. The maximum atomic E-state index is 12.5. The first-order valence-electron chi connectivity index (χ1n) is 7.80. The van der Waals surface area contributed by atoms with Crippen molar-refractivity contribution in [2.75, 3.05) is 13.1 Å². The Hall–Kier alpha value is -2.55. The highest BCUT2D eigenvalue weighted by atomic mass is 32.1. The smallest absolute Gasteiger partial charge is 0.287 e. The van der Waals surface area contributed by atoms with E-state index in [9.17, 15) is 9.59 Å². The third-order valence-electron chi connectivity index (χ3n) is 4.32. The molecule has 3 aromatic heterocycles. The molecule has 0 saturated carbocycles. The first kappa shape index (κ1) is 15.0. The van der Waals surface area contributed by atoms with Gasteiger partial charge < -0.3 is 4.90 Å². The second kappa shape index (κ2) is 6.16. The van der Waals surface area contributed by atoms with Crippen molar-refractivity contribution in [1.29, 1.82) is 0 Å². The number of nitrogens with zero attached hydrogens (tertiary/aromatic N) is 6. The van der Waals surface area contributed by atoms with Crippen molar-refractivity contribution in [3.63, 3.8) is 0 Å². The summed E-state index contributed by atoms with van der Waals surface area (Å²) in [5.41, 5.74) is 0.560. The van der Waals surface area contributed by atoms with E-state index >= 15 is 0 Å². The van der Waals surface area contributed by atoms with E-state index in [1.807, 2.05) is 10.3 Å². The summed E-state index contributed by atoms with van der Waals surface area (Å²) in [4.78, 5) is 26.6. The van der Waals surface area contributed by atoms with Crippen molar-refractivity contribution < 1.29 is 4.79 Å². The van der Waals surface area contributed by atoms with Gasteiger partial charge in [-0.15, -0.1) is 16.4 Å². The van der Waals surface area contributed by atoms with Gasteiger partial charge in [0.25, 0.3) is 5.56 Å². The molecule has 0 atom stereocenters. The molecule has 24 heavy (non-hydrogen) atoms. The lowest BCUT2D eigenvalue weighted by molar-refractivity contribution is -0.133. The van der Waals surface area contributed by atoms with Crippen molar-refractivity contribution >= 4 is 27.5 Å². The largest absolute Gasteiger partial charge is 0.341 e. The Balaban J connectivity index is 1.44. The molecule has 4 rings (SSSR count). The van der Waals surface area contributed by atoms with E-state index in [0.717, 1.165) is 0 Å². The number of thiophene rings is 1. The molecule has 8 nitrogen and oxygen atoms in total. The summed E-state index contributed by atoms with van der Waals surface area (Å²) < 4.78 is 3.74. The van der Waals surface area contributed by atoms with E-state index in [-0.39, 0.29) is 24.1 Å². The first-order chi connectivity index (χ1) is 11.7. The van der Waals surface area contributed by atoms with Gasteiger partial charge in [-0.25, -0.2) is 4.68 Å². The lowest BCUT2D eigenvalue weighted by Gasteiger charge is -2.32. The zero-order valence-electron chi connectivity index (χ0n) is 12.9. The number of fused-ring (bicyclic) bond motifs is 1. The zero-order chi connectivity index (χ0) is 16.5. The van der Waals surface area contributed by atoms with Crippen LogP contribution in [0, 0.1) is 0 Å². The summed E-state index contributed by atoms with van der Waals surface area (Å²) in [6.45, 7) is 1.47. The molecule has 3 aromatic rings. The third kappa shape index (κ3) is 2.71. The second-order valence-electron chi connectivity index (χ2n) is 5.79. The molecule has 0 aliphatic carbocycles. The van der Waals surface area contributed by atoms with Gasteiger partial charge in [0.05, 0.1) is 6.04 Å². The van der Waals surface area contributed by atoms with Crippen molar-refractivity contribution in [2.24, 2.45) is 0 Å². The van der Waals surface area contributed by atoms with Gasteiger partial charge in [-0.05, 0) is 30.4 Å². The van der Waals surface area contributed by atoms with E-state index < -0.39 is 0 Å². The molecule has 0 unspecified atom stereocenters. The van der Waals surface area contributed by atoms with Crippen LogP contribution in [-0.2, 0) is 11.3 Å². The number of carbonyl (C=O) groups is 1. The average Bonchev–Trinajstić information content (AvgIpc) is 3.27. The molecule has 9 heteroatoms. The predicted molar refractivity (Wildman–Crippen MR) is 88.8 cm³/mol. The lowest BCUT2D eigenvalue weighted by Crippen LogP contribution is -2.42. The maximum Gasteiger partial charge on any atom is 0.287 e. The Morgan fingerprint density at radius 2 is 2.17 bits per heavy atom. The molecule has 1 fully saturated rings. The standard InChI is InChI=1S/C15H16N6O2S/c22-13(10-20-6-1-5-16-20)19-7-2-11(3-8-19)21-15(23)14-12(17-18-21)4-9-24-14/h1,4-6,9,11H,2-3,7-8,10H2. The van der Waals surface area contributed by atoms with Crippen molar-refractivity contribution in [1.82, 2.24) is 29.7 Å². The Labute approximate surface area is 141 Å². The fourth-order valence-corrected chi connectivity index (χ4v) is 3.77. The van der Waals surface area contributed by atoms with Crippen LogP contribution < -0.4 is 5.56 Å². The topological polar surface area (TPSA) is 85.9 Å². The number of piperidine rings is 1. The van der Waals surface area contributed by atoms with Gasteiger partial charge in [-0.2, -0.15) is 5.10 Å². The highest BCUT2D eigenvalue weighted by Crippen LogP contribution is 2.21. The Morgan fingerprint density at radius 1 is 1.33 bits per heavy atom. The minimum atomic E-state index is -0.0867. The Bertz CT molecular complexity index is 908. The normalized spacial score (nSPS) is 15.9. The lowest BCUT2D eigenvalue weighted by atomic mass is 10.1. The van der Waals surface area contributed by atoms with Crippen molar-refractivity contribution in [3.8, 4) is 0 Å². The van der Waals surface area contributed by atoms with E-state index in [1.54, 1.807) is 29.2 Å². The molecular weight excluding hydrogens is 328 g/mol. The summed E-state index contributed by atoms with van der Waals surface area (Å²) in [5, 5.41) is 14.1. The Morgan fingerprint density at radius 3 is 2.92 bits per heavy atom. The van der Waals surface area contributed by atoms with Gasteiger partial charge in [0.1, 0.15) is 16.8 Å². The predicted octanol–water partition coefficient (Wildman–Crippen LogP) is 0.913. The Kier molecular flexibility index (Phi) is 3.85. The summed E-state index contributed by atoms with van der Waals surface area (Å²) >= 11 is 1.39. The number of hydrogen-bond donors (Lipinski definition) is 0. The van der Waals surface area contributed by atoms with Gasteiger partial charge in [-0.1, -0.05) is 5.21 Å². The molecule has 0 N–H and O–H groups in total. The van der Waals surface area contributed by atoms with E-state index in [4.69, 9.17) is 0 Å². The number of aromatic nitrogens is 5. The maximum absolute atomic E-state index is 12.5. The molecule has 0 radical (unpaired) electrons. The van der Waals surface area contributed by atoms with E-state index in [2.05, 4.69) is 15.4 Å². The van der Waals surface area contributed by atoms with Gasteiger partial charge >= 0.3 is 0 Å². The van der Waals surface area contributed by atoms with Crippen LogP contribution in [0.2, 0.25) is 0 Å². The molecular formula is C15H16N6O2S. The van der Waals surface area contributed by atoms with Crippen LogP contribution in [0.1, 0.15) is 18.9 Å². The fourth-order valence-electron chi connectivity index (χ4n) is 3.01. The molecule has 0 spiro atoms. The number of hydrogen-bond acceptors (Lipinski definition) is 6. The van der Waals surface area contributed by atoms with Crippen LogP contribution in [0.25, 0.3) is 10.2 Å². The highest BCUT2D eigenvalue weighted by Gasteiger charge is 2.26. The second-order valence-corrected chi connectivity index (χ2v) is 6.71. The number of amides is 1. The minimum absolute atomic E-state index is 0.00902. The molecule has 1 saturated heterocycles. The van der Waals surface area contributed by atoms with E-state index in [0.29, 0.717) is 36.1 Å². The molecule has 1 amide bonds. The molecule has 4 heterocycles. The highest BCUT2D eigenvalue weighted by molar-refractivity contribution is 7.17. The monoisotopic (exact) mass is 344 g/mol. The van der Waals surface area contributed by atoms with Crippen molar-refractivity contribution in [3.05, 3.63) is 40.3 Å². The van der Waals surface area contributed by atoms with Gasteiger partial charge in [-0.3, -0.25) is 14.3 Å². The van der Waals surface area contributed by atoms with Crippen LogP contribution >= 0.6 is 11.3 Å².